The number of rotatable bonds is 4. The van der Waals surface area contributed by atoms with Crippen molar-refractivity contribution in [3.63, 3.8) is 0 Å². The van der Waals surface area contributed by atoms with Crippen molar-refractivity contribution < 1.29 is 14.4 Å². The Labute approximate surface area is 150 Å². The molecule has 132 valence electrons. The van der Waals surface area contributed by atoms with Crippen LogP contribution in [0, 0.1) is 0 Å². The highest BCUT2D eigenvalue weighted by molar-refractivity contribution is 6.44. The van der Waals surface area contributed by atoms with Gasteiger partial charge in [-0.25, -0.2) is 5.01 Å². The summed E-state index contributed by atoms with van der Waals surface area (Å²) in [6, 6.07) is 15.6. The van der Waals surface area contributed by atoms with E-state index in [0.717, 1.165) is 0 Å². The Balaban J connectivity index is 1.84. The molecule has 0 atom stereocenters. The van der Waals surface area contributed by atoms with Gasteiger partial charge in [-0.2, -0.15) is 5.10 Å². The molecule has 2 aromatic carbocycles. The van der Waals surface area contributed by atoms with Crippen LogP contribution in [0.3, 0.4) is 0 Å². The van der Waals surface area contributed by atoms with Gasteiger partial charge in [0.25, 0.3) is 11.8 Å². The van der Waals surface area contributed by atoms with Gasteiger partial charge in [-0.15, -0.1) is 0 Å². The van der Waals surface area contributed by atoms with Gasteiger partial charge in [0.1, 0.15) is 5.71 Å². The summed E-state index contributed by atoms with van der Waals surface area (Å²) in [6.07, 6.45) is 0.439. The Morgan fingerprint density at radius 1 is 0.962 bits per heavy atom. The number of para-hydroxylation sites is 2. The first-order chi connectivity index (χ1) is 12.6. The van der Waals surface area contributed by atoms with Gasteiger partial charge in [0.05, 0.1) is 16.9 Å². The molecule has 7 nitrogen and oxygen atoms in total. The summed E-state index contributed by atoms with van der Waals surface area (Å²) in [4.78, 5) is 36.7. The molecule has 3 rings (SSSR count). The van der Waals surface area contributed by atoms with Crippen molar-refractivity contribution in [3.8, 4) is 0 Å². The summed E-state index contributed by atoms with van der Waals surface area (Å²) >= 11 is 0. The number of nitrogens with zero attached hydrogens (tertiary/aromatic N) is 2. The Kier molecular flexibility index (Phi) is 5.07. The third-order valence-electron chi connectivity index (χ3n) is 3.94. The highest BCUT2D eigenvalue weighted by Gasteiger charge is 2.26. The molecule has 2 N–H and O–H groups in total. The monoisotopic (exact) mass is 350 g/mol. The zero-order chi connectivity index (χ0) is 18.5. The van der Waals surface area contributed by atoms with Crippen LogP contribution in [-0.4, -0.2) is 30.5 Å². The van der Waals surface area contributed by atoms with Crippen LogP contribution in [0.25, 0.3) is 0 Å². The molecule has 1 heterocycles. The Morgan fingerprint density at radius 3 is 2.38 bits per heavy atom. The largest absolute Gasteiger partial charge is 0.355 e. The zero-order valence-corrected chi connectivity index (χ0v) is 14.2. The van der Waals surface area contributed by atoms with Crippen molar-refractivity contribution in [2.75, 3.05) is 17.4 Å². The van der Waals surface area contributed by atoms with Crippen molar-refractivity contribution in [2.24, 2.45) is 5.10 Å². The first kappa shape index (κ1) is 17.3. The van der Waals surface area contributed by atoms with E-state index in [1.807, 2.05) is 6.07 Å². The van der Waals surface area contributed by atoms with Crippen molar-refractivity contribution in [2.45, 2.75) is 12.8 Å². The van der Waals surface area contributed by atoms with E-state index < -0.39 is 5.91 Å². The van der Waals surface area contributed by atoms with Crippen LogP contribution in [0.4, 0.5) is 11.4 Å². The molecule has 0 saturated heterocycles. The molecular formula is C19H18N4O3. The second-order valence-electron chi connectivity index (χ2n) is 5.67. The second kappa shape index (κ2) is 7.60. The van der Waals surface area contributed by atoms with Gasteiger partial charge in [0, 0.05) is 19.9 Å². The molecule has 0 aliphatic carbocycles. The summed E-state index contributed by atoms with van der Waals surface area (Å²) in [5.74, 6) is -0.902. The predicted molar refractivity (Wildman–Crippen MR) is 99.1 cm³/mol. The van der Waals surface area contributed by atoms with Crippen molar-refractivity contribution in [1.29, 1.82) is 0 Å². The highest BCUT2D eigenvalue weighted by Crippen LogP contribution is 2.21. The maximum absolute atomic E-state index is 12.6. The van der Waals surface area contributed by atoms with Crippen LogP contribution >= 0.6 is 0 Å². The number of hydrogen-bond acceptors (Lipinski definition) is 4. The fourth-order valence-corrected chi connectivity index (χ4v) is 2.61. The molecule has 1 aliphatic rings. The minimum atomic E-state index is -0.435. The molecule has 2 aromatic rings. The van der Waals surface area contributed by atoms with E-state index in [2.05, 4.69) is 15.7 Å². The van der Waals surface area contributed by atoms with Gasteiger partial charge < -0.3 is 10.6 Å². The first-order valence-corrected chi connectivity index (χ1v) is 8.18. The van der Waals surface area contributed by atoms with E-state index in [9.17, 15) is 14.4 Å². The standard InChI is InChI=1S/C19H18N4O3/c1-20-18(25)14-9-5-6-10-15(14)21-19(26)16-11-12-17(24)23(22-16)13-7-3-2-4-8-13/h2-10H,11-12H2,1H3,(H,20,25)(H,21,26). The summed E-state index contributed by atoms with van der Waals surface area (Å²) in [5, 5.41) is 10.7. The third kappa shape index (κ3) is 3.61. The number of amides is 3. The molecule has 7 heteroatoms. The van der Waals surface area contributed by atoms with Crippen molar-refractivity contribution >= 4 is 34.8 Å². The van der Waals surface area contributed by atoms with Crippen LogP contribution in [-0.2, 0) is 9.59 Å². The number of hydrazone groups is 1. The van der Waals surface area contributed by atoms with Crippen LogP contribution in [0.5, 0.6) is 0 Å². The molecule has 0 fully saturated rings. The van der Waals surface area contributed by atoms with E-state index in [1.54, 1.807) is 48.5 Å². The lowest BCUT2D eigenvalue weighted by Crippen LogP contribution is -2.36. The molecule has 0 saturated carbocycles. The van der Waals surface area contributed by atoms with Crippen molar-refractivity contribution in [1.82, 2.24) is 5.32 Å². The fraction of sp³-hybridized carbons (Fsp3) is 0.158. The Bertz CT molecular complexity index is 877. The summed E-state index contributed by atoms with van der Waals surface area (Å²) in [7, 11) is 1.52. The van der Waals surface area contributed by atoms with E-state index in [0.29, 0.717) is 16.9 Å². The smallest absolute Gasteiger partial charge is 0.271 e. The number of anilines is 2. The molecule has 1 aliphatic heterocycles. The third-order valence-corrected chi connectivity index (χ3v) is 3.94. The normalized spacial score (nSPS) is 13.8. The molecule has 0 radical (unpaired) electrons. The lowest BCUT2D eigenvalue weighted by molar-refractivity contribution is -0.118. The molecule has 3 amide bonds. The minimum Gasteiger partial charge on any atom is -0.355 e. The van der Waals surface area contributed by atoms with Crippen LogP contribution in [0.2, 0.25) is 0 Å². The molecule has 0 aromatic heterocycles. The van der Waals surface area contributed by atoms with Crippen LogP contribution in [0.1, 0.15) is 23.2 Å². The molecule has 0 unspecified atom stereocenters. The summed E-state index contributed by atoms with van der Waals surface area (Å²) < 4.78 is 0. The average molecular weight is 350 g/mol. The van der Waals surface area contributed by atoms with Gasteiger partial charge in [0.15, 0.2) is 0 Å². The van der Waals surface area contributed by atoms with Crippen molar-refractivity contribution in [3.05, 3.63) is 60.2 Å². The van der Waals surface area contributed by atoms with Crippen LogP contribution in [0.15, 0.2) is 59.7 Å². The molecule has 0 spiro atoms. The van der Waals surface area contributed by atoms with E-state index in [-0.39, 0.29) is 30.4 Å². The van der Waals surface area contributed by atoms with Gasteiger partial charge in [0.2, 0.25) is 5.91 Å². The second-order valence-corrected chi connectivity index (χ2v) is 5.67. The Hall–Kier alpha value is -3.48. The molecular weight excluding hydrogens is 332 g/mol. The predicted octanol–water partition coefficient (Wildman–Crippen LogP) is 2.17. The highest BCUT2D eigenvalue weighted by atomic mass is 16.2. The minimum absolute atomic E-state index is 0.168. The number of hydrogen-bond donors (Lipinski definition) is 2. The lowest BCUT2D eigenvalue weighted by atomic mass is 10.1. The van der Waals surface area contributed by atoms with Gasteiger partial charge in [-0.1, -0.05) is 30.3 Å². The topological polar surface area (TPSA) is 90.9 Å². The summed E-state index contributed by atoms with van der Waals surface area (Å²) in [5.41, 5.74) is 1.59. The zero-order valence-electron chi connectivity index (χ0n) is 14.2. The number of nitrogens with one attached hydrogen (secondary N) is 2. The average Bonchev–Trinajstić information content (AvgIpc) is 2.68. The van der Waals surface area contributed by atoms with Gasteiger partial charge in [-0.05, 0) is 24.3 Å². The molecule has 0 bridgehead atoms. The Morgan fingerprint density at radius 2 is 1.65 bits per heavy atom. The van der Waals surface area contributed by atoms with E-state index >= 15 is 0 Å². The molecule has 26 heavy (non-hydrogen) atoms. The quantitative estimate of drug-likeness (QED) is 0.885. The number of benzene rings is 2. The van der Waals surface area contributed by atoms with E-state index in [4.69, 9.17) is 0 Å². The van der Waals surface area contributed by atoms with Crippen LogP contribution < -0.4 is 15.6 Å². The van der Waals surface area contributed by atoms with Gasteiger partial charge >= 0.3 is 0 Å². The summed E-state index contributed by atoms with van der Waals surface area (Å²) in [6.45, 7) is 0. The first-order valence-electron chi connectivity index (χ1n) is 8.18. The number of carbonyl (C=O) groups is 3. The maximum Gasteiger partial charge on any atom is 0.271 e. The van der Waals surface area contributed by atoms with E-state index in [1.165, 1.54) is 12.1 Å². The number of carbonyl (C=O) groups excluding carboxylic acids is 3. The SMILES string of the molecule is CNC(=O)c1ccccc1NC(=O)C1=NN(c2ccccc2)C(=O)CC1. The van der Waals surface area contributed by atoms with Gasteiger partial charge in [-0.3, -0.25) is 14.4 Å². The maximum atomic E-state index is 12.6. The fourth-order valence-electron chi connectivity index (χ4n) is 2.61. The lowest BCUT2D eigenvalue weighted by Gasteiger charge is -2.23.